The summed E-state index contributed by atoms with van der Waals surface area (Å²) in [5.74, 6) is 0.914. The van der Waals surface area contributed by atoms with Crippen molar-refractivity contribution < 1.29 is 22.0 Å². The van der Waals surface area contributed by atoms with Crippen LogP contribution < -0.4 is 14.7 Å². The van der Waals surface area contributed by atoms with Crippen LogP contribution in [0.2, 0.25) is 0 Å². The molecule has 0 aliphatic heterocycles. The fourth-order valence-electron chi connectivity index (χ4n) is 2.31. The van der Waals surface area contributed by atoms with Crippen LogP contribution >= 0.6 is 0 Å². The molecule has 0 unspecified atom stereocenters. The van der Waals surface area contributed by atoms with E-state index in [4.69, 9.17) is 4.74 Å². The molecule has 0 spiro atoms. The third kappa shape index (κ3) is 5.20. The van der Waals surface area contributed by atoms with Crippen LogP contribution in [0.25, 0.3) is 11.1 Å². The molecule has 0 amide bonds. The van der Waals surface area contributed by atoms with Gasteiger partial charge in [0.15, 0.2) is 0 Å². The van der Waals surface area contributed by atoms with Gasteiger partial charge < -0.3 is 22.0 Å². The molecule has 0 heterocycles. The third-order valence-electron chi connectivity index (χ3n) is 3.36. The first-order valence-corrected chi connectivity index (χ1v) is 7.08. The number of ether oxygens (including phenoxy) is 1. The normalized spacial score (nSPS) is 11.1. The molecule has 122 valence electrons. The zero-order valence-corrected chi connectivity index (χ0v) is 13.2. The second kappa shape index (κ2) is 7.47. The lowest BCUT2D eigenvalue weighted by atomic mass is 10.1. The largest absolute Gasteiger partial charge is 0.673 e. The summed E-state index contributed by atoms with van der Waals surface area (Å²) in [4.78, 5) is 0. The van der Waals surface area contributed by atoms with Crippen LogP contribution in [0.15, 0.2) is 24.3 Å². The molecule has 0 saturated heterocycles. The standard InChI is InChI=1S/C15H20NO.BF4/c1-5-16(6-2)15-11(3)14(15)12-7-9-13(17-4)10-8-12;2-1(3,4)5/h7-10H,5-6H2,1-4H3;/q+1;-1. The van der Waals surface area contributed by atoms with Gasteiger partial charge >= 0.3 is 7.25 Å². The average molecular weight is 317 g/mol. The van der Waals surface area contributed by atoms with E-state index in [0.717, 1.165) is 18.8 Å². The zero-order valence-electron chi connectivity index (χ0n) is 13.2. The summed E-state index contributed by atoms with van der Waals surface area (Å²) in [6.07, 6.45) is 0. The third-order valence-corrected chi connectivity index (χ3v) is 3.36. The maximum absolute atomic E-state index is 9.75. The topological polar surface area (TPSA) is 12.2 Å². The molecular weight excluding hydrogens is 297 g/mol. The van der Waals surface area contributed by atoms with Crippen molar-refractivity contribution in [3.05, 3.63) is 35.2 Å². The summed E-state index contributed by atoms with van der Waals surface area (Å²) >= 11 is 0. The molecule has 22 heavy (non-hydrogen) atoms. The van der Waals surface area contributed by atoms with Crippen LogP contribution in [0, 0.1) is 6.92 Å². The molecule has 0 N–H and O–H groups in total. The average Bonchev–Trinajstić information content (AvgIpc) is 3.10. The number of methoxy groups -OCH3 is 1. The minimum Gasteiger partial charge on any atom is -0.497 e. The minimum absolute atomic E-state index is 0.914. The van der Waals surface area contributed by atoms with Crippen molar-refractivity contribution >= 4 is 7.25 Å². The van der Waals surface area contributed by atoms with Crippen molar-refractivity contribution in [3.8, 4) is 16.9 Å². The van der Waals surface area contributed by atoms with Crippen molar-refractivity contribution in [1.29, 1.82) is 0 Å². The van der Waals surface area contributed by atoms with Crippen molar-refractivity contribution in [3.63, 3.8) is 0 Å². The summed E-state index contributed by atoms with van der Waals surface area (Å²) in [7, 11) is -4.30. The second-order valence-corrected chi connectivity index (χ2v) is 4.74. The van der Waals surface area contributed by atoms with Gasteiger partial charge in [0.05, 0.1) is 12.7 Å². The van der Waals surface area contributed by atoms with Crippen molar-refractivity contribution in [2.45, 2.75) is 20.8 Å². The van der Waals surface area contributed by atoms with Gasteiger partial charge in [-0.1, -0.05) is 12.1 Å². The van der Waals surface area contributed by atoms with E-state index in [1.807, 2.05) is 12.1 Å². The Hall–Kier alpha value is -1.79. The highest BCUT2D eigenvalue weighted by atomic mass is 19.5. The van der Waals surface area contributed by atoms with E-state index in [-0.39, 0.29) is 0 Å². The fraction of sp³-hybridized carbons (Fsp3) is 0.400. The number of halogens is 4. The lowest BCUT2D eigenvalue weighted by Crippen LogP contribution is -2.24. The van der Waals surface area contributed by atoms with Gasteiger partial charge in [-0.25, -0.2) is 4.58 Å². The summed E-state index contributed by atoms with van der Waals surface area (Å²) < 4.78 is 46.6. The van der Waals surface area contributed by atoms with Gasteiger partial charge in [-0.2, -0.15) is 0 Å². The molecule has 0 fully saturated rings. The van der Waals surface area contributed by atoms with Gasteiger partial charge in [0.1, 0.15) is 18.8 Å². The molecular formula is C15H20BF4NO. The van der Waals surface area contributed by atoms with Gasteiger partial charge in [-0.3, -0.25) is 0 Å². The molecule has 0 bridgehead atoms. The van der Waals surface area contributed by atoms with Crippen LogP contribution in [0.1, 0.15) is 19.4 Å². The maximum atomic E-state index is 9.75. The Morgan fingerprint density at radius 2 is 1.45 bits per heavy atom. The van der Waals surface area contributed by atoms with E-state index in [1.54, 1.807) is 7.11 Å². The number of nitrogens with zero attached hydrogens (tertiary/aromatic N) is 1. The molecule has 0 aliphatic carbocycles. The van der Waals surface area contributed by atoms with Gasteiger partial charge in [-0.05, 0) is 38.5 Å². The van der Waals surface area contributed by atoms with Crippen molar-refractivity contribution in [2.75, 3.05) is 20.2 Å². The van der Waals surface area contributed by atoms with Crippen LogP contribution in [0.3, 0.4) is 0 Å². The quantitative estimate of drug-likeness (QED) is 0.476. The Morgan fingerprint density at radius 3 is 1.82 bits per heavy atom. The van der Waals surface area contributed by atoms with E-state index in [2.05, 4.69) is 37.5 Å². The number of rotatable bonds is 4. The fourth-order valence-corrected chi connectivity index (χ4v) is 2.31. The van der Waals surface area contributed by atoms with E-state index < -0.39 is 7.25 Å². The second-order valence-electron chi connectivity index (χ2n) is 4.74. The molecule has 2 aromatic rings. The van der Waals surface area contributed by atoms with E-state index in [1.165, 1.54) is 22.0 Å². The highest BCUT2D eigenvalue weighted by Gasteiger charge is 2.25. The van der Waals surface area contributed by atoms with E-state index in [9.17, 15) is 17.3 Å². The number of hydrogen-bond donors (Lipinski definition) is 0. The minimum atomic E-state index is -6.00. The Balaban J connectivity index is 0.000000422. The Bertz CT molecular complexity index is 613. The van der Waals surface area contributed by atoms with Gasteiger partial charge in [0.2, 0.25) is 5.36 Å². The highest BCUT2D eigenvalue weighted by molar-refractivity contribution is 6.50. The lowest BCUT2D eigenvalue weighted by Gasteiger charge is -1.98. The molecule has 7 heteroatoms. The van der Waals surface area contributed by atoms with Crippen LogP contribution in [0.5, 0.6) is 5.75 Å². The van der Waals surface area contributed by atoms with Crippen LogP contribution in [-0.4, -0.2) is 27.5 Å². The molecule has 0 radical (unpaired) electrons. The van der Waals surface area contributed by atoms with E-state index >= 15 is 0 Å². The van der Waals surface area contributed by atoms with Gasteiger partial charge in [0, 0.05) is 5.56 Å². The predicted molar refractivity (Wildman–Crippen MR) is 82.1 cm³/mol. The maximum Gasteiger partial charge on any atom is 0.673 e. The summed E-state index contributed by atoms with van der Waals surface area (Å²) in [5.41, 5.74) is 4.14. The Kier molecular flexibility index (Phi) is 6.20. The first kappa shape index (κ1) is 18.3. The smallest absolute Gasteiger partial charge is 0.497 e. The zero-order chi connectivity index (χ0) is 16.9. The molecule has 0 aromatic heterocycles. The number of hydrogen-bond acceptors (Lipinski definition) is 1. The van der Waals surface area contributed by atoms with Crippen LogP contribution in [-0.2, 0) is 0 Å². The van der Waals surface area contributed by atoms with Crippen molar-refractivity contribution in [1.82, 2.24) is 4.58 Å². The number of benzene rings is 1. The highest BCUT2D eigenvalue weighted by Crippen LogP contribution is 2.26. The molecule has 2 rings (SSSR count). The van der Waals surface area contributed by atoms with Crippen LogP contribution in [0.4, 0.5) is 17.3 Å². The van der Waals surface area contributed by atoms with Crippen molar-refractivity contribution in [2.24, 2.45) is 0 Å². The van der Waals surface area contributed by atoms with Gasteiger partial charge in [0.25, 0.3) is 0 Å². The SMILES string of the molecule is CC[N+](CC)=c1c(C)c1-c1ccc(OC)cc1.F[B-](F)(F)F. The predicted octanol–water partition coefficient (Wildman–Crippen LogP) is 3.66. The Labute approximate surface area is 127 Å². The first-order valence-electron chi connectivity index (χ1n) is 7.08. The molecule has 0 atom stereocenters. The molecule has 2 aromatic carbocycles. The summed E-state index contributed by atoms with van der Waals surface area (Å²) in [6, 6.07) is 8.31. The summed E-state index contributed by atoms with van der Waals surface area (Å²) in [5, 5.41) is 1.43. The lowest BCUT2D eigenvalue weighted by molar-refractivity contribution is 0.368. The Morgan fingerprint density at radius 1 is 1.00 bits per heavy atom. The molecule has 2 nitrogen and oxygen atoms in total. The molecule has 0 saturated carbocycles. The van der Waals surface area contributed by atoms with E-state index in [0.29, 0.717) is 0 Å². The first-order chi connectivity index (χ1) is 10.2. The summed E-state index contributed by atoms with van der Waals surface area (Å²) in [6.45, 7) is 8.75. The monoisotopic (exact) mass is 317 g/mol. The van der Waals surface area contributed by atoms with Gasteiger partial charge in [-0.15, -0.1) is 0 Å². The molecule has 0 aliphatic rings.